The van der Waals surface area contributed by atoms with Crippen LogP contribution in [-0.4, -0.2) is 40.6 Å². The van der Waals surface area contributed by atoms with Crippen molar-refractivity contribution in [2.75, 3.05) is 13.7 Å². The lowest BCUT2D eigenvalue weighted by molar-refractivity contribution is -0.492. The highest BCUT2D eigenvalue weighted by Gasteiger charge is 2.12. The van der Waals surface area contributed by atoms with E-state index in [1.54, 1.807) is 24.3 Å². The van der Waals surface area contributed by atoms with E-state index >= 15 is 0 Å². The summed E-state index contributed by atoms with van der Waals surface area (Å²) in [6.45, 7) is 0.159. The molecule has 8 heteroatoms. The van der Waals surface area contributed by atoms with Crippen molar-refractivity contribution in [3.8, 4) is 17.2 Å². The topological polar surface area (TPSA) is 109 Å². The number of ether oxygens (including phenoxy) is 2. The third kappa shape index (κ3) is 5.73. The van der Waals surface area contributed by atoms with Gasteiger partial charge in [-0.3, -0.25) is 15.3 Å². The summed E-state index contributed by atoms with van der Waals surface area (Å²) in [6.07, 6.45) is 1.25. The van der Waals surface area contributed by atoms with Gasteiger partial charge in [-0.25, -0.2) is 4.79 Å². The zero-order valence-electron chi connectivity index (χ0n) is 13.6. The molecule has 2 aromatic carbocycles. The van der Waals surface area contributed by atoms with Gasteiger partial charge in [0.15, 0.2) is 11.5 Å². The van der Waals surface area contributed by atoms with Gasteiger partial charge >= 0.3 is 5.97 Å². The smallest absolute Gasteiger partial charge is 0.343 e. The first-order valence-electron chi connectivity index (χ1n) is 7.48. The Morgan fingerprint density at radius 2 is 1.84 bits per heavy atom. The van der Waals surface area contributed by atoms with Crippen LogP contribution in [0.2, 0.25) is 0 Å². The SMILES string of the molecule is COc1cc(C(=O)Oc2ccc(CCCON(O)O)cc2)ccc1O. The van der Waals surface area contributed by atoms with Crippen LogP contribution in [0, 0.1) is 0 Å². The fraction of sp³-hybridized carbons (Fsp3) is 0.235. The molecule has 0 unspecified atom stereocenters. The van der Waals surface area contributed by atoms with E-state index in [0.29, 0.717) is 18.6 Å². The number of nitrogens with zero attached hydrogens (tertiary/aromatic N) is 1. The van der Waals surface area contributed by atoms with E-state index in [1.807, 2.05) is 0 Å². The Labute approximate surface area is 144 Å². The van der Waals surface area contributed by atoms with Gasteiger partial charge in [-0.1, -0.05) is 12.1 Å². The number of carbonyl (C=O) groups excluding carboxylic acids is 1. The monoisotopic (exact) mass is 349 g/mol. The number of phenols is 1. The summed E-state index contributed by atoms with van der Waals surface area (Å²) in [5.74, 6) is -0.0476. The molecule has 0 spiro atoms. The summed E-state index contributed by atoms with van der Waals surface area (Å²) in [7, 11) is 1.40. The lowest BCUT2D eigenvalue weighted by Gasteiger charge is -2.08. The first kappa shape index (κ1) is 18.7. The number of hydrogen-bond acceptors (Lipinski definition) is 8. The Kier molecular flexibility index (Phi) is 6.72. The summed E-state index contributed by atoms with van der Waals surface area (Å²) >= 11 is 0. The largest absolute Gasteiger partial charge is 0.504 e. The number of rotatable bonds is 8. The van der Waals surface area contributed by atoms with Crippen molar-refractivity contribution in [2.24, 2.45) is 0 Å². The third-order valence-corrected chi connectivity index (χ3v) is 3.37. The molecule has 2 rings (SSSR count). The fourth-order valence-electron chi connectivity index (χ4n) is 2.12. The molecule has 0 aliphatic rings. The van der Waals surface area contributed by atoms with Crippen LogP contribution in [0.25, 0.3) is 0 Å². The number of hydrogen-bond donors (Lipinski definition) is 3. The highest BCUT2D eigenvalue weighted by atomic mass is 17.1. The average molecular weight is 349 g/mol. The second kappa shape index (κ2) is 9.00. The molecule has 0 bridgehead atoms. The highest BCUT2D eigenvalue weighted by Crippen LogP contribution is 2.27. The molecule has 0 amide bonds. The van der Waals surface area contributed by atoms with Crippen molar-refractivity contribution < 1.29 is 34.6 Å². The summed E-state index contributed by atoms with van der Waals surface area (Å²) in [5.41, 5.74) is 1.24. The van der Waals surface area contributed by atoms with Crippen molar-refractivity contribution in [2.45, 2.75) is 12.8 Å². The molecule has 25 heavy (non-hydrogen) atoms. The van der Waals surface area contributed by atoms with E-state index in [1.165, 1.54) is 25.3 Å². The molecule has 0 atom stereocenters. The van der Waals surface area contributed by atoms with Gasteiger partial charge in [0.2, 0.25) is 0 Å². The number of methoxy groups -OCH3 is 1. The van der Waals surface area contributed by atoms with Crippen molar-refractivity contribution in [3.63, 3.8) is 0 Å². The van der Waals surface area contributed by atoms with Gasteiger partial charge < -0.3 is 14.6 Å². The Bertz CT molecular complexity index is 701. The molecule has 134 valence electrons. The summed E-state index contributed by atoms with van der Waals surface area (Å²) in [4.78, 5) is 16.6. The van der Waals surface area contributed by atoms with Crippen LogP contribution < -0.4 is 9.47 Å². The minimum atomic E-state index is -0.564. The van der Waals surface area contributed by atoms with Crippen LogP contribution >= 0.6 is 0 Å². The van der Waals surface area contributed by atoms with Gasteiger partial charge in [0.1, 0.15) is 5.75 Å². The van der Waals surface area contributed by atoms with Gasteiger partial charge in [0.05, 0.1) is 24.7 Å². The van der Waals surface area contributed by atoms with Crippen molar-refractivity contribution in [1.29, 1.82) is 0 Å². The third-order valence-electron chi connectivity index (χ3n) is 3.37. The number of aromatic hydroxyl groups is 1. The van der Waals surface area contributed by atoms with E-state index in [4.69, 9.17) is 19.9 Å². The lowest BCUT2D eigenvalue weighted by atomic mass is 10.1. The molecular weight excluding hydrogens is 330 g/mol. The summed E-state index contributed by atoms with van der Waals surface area (Å²) < 4.78 is 10.2. The van der Waals surface area contributed by atoms with E-state index < -0.39 is 5.97 Å². The zero-order valence-corrected chi connectivity index (χ0v) is 13.6. The summed E-state index contributed by atoms with van der Waals surface area (Å²) in [6, 6.07) is 11.1. The van der Waals surface area contributed by atoms with Crippen LogP contribution in [0.4, 0.5) is 0 Å². The Balaban J connectivity index is 1.91. The molecule has 0 saturated heterocycles. The van der Waals surface area contributed by atoms with Gasteiger partial charge in [-0.15, -0.1) is 0 Å². The Hall–Kier alpha value is -2.65. The molecule has 3 N–H and O–H groups in total. The standard InChI is InChI=1S/C17H19NO7/c1-23-16-11-13(6-9-15(16)19)17(20)25-14-7-4-12(5-8-14)3-2-10-24-18(21)22/h4-9,11,19,21-22H,2-3,10H2,1H3. The zero-order chi connectivity index (χ0) is 18.2. The van der Waals surface area contributed by atoms with E-state index in [9.17, 15) is 9.90 Å². The molecule has 8 nitrogen and oxygen atoms in total. The fourth-order valence-corrected chi connectivity index (χ4v) is 2.12. The molecule has 0 fully saturated rings. The van der Waals surface area contributed by atoms with Crippen molar-refractivity contribution >= 4 is 5.97 Å². The van der Waals surface area contributed by atoms with Crippen LogP contribution in [0.1, 0.15) is 22.3 Å². The second-order valence-electron chi connectivity index (χ2n) is 5.11. The molecule has 0 saturated carbocycles. The van der Waals surface area contributed by atoms with Crippen molar-refractivity contribution in [1.82, 2.24) is 5.39 Å². The van der Waals surface area contributed by atoms with Crippen LogP contribution in [-0.2, 0) is 11.3 Å². The first-order valence-corrected chi connectivity index (χ1v) is 7.48. The van der Waals surface area contributed by atoms with Crippen LogP contribution in [0.5, 0.6) is 17.2 Å². The Morgan fingerprint density at radius 3 is 2.48 bits per heavy atom. The quantitative estimate of drug-likeness (QED) is 0.289. The molecule has 0 aliphatic heterocycles. The maximum absolute atomic E-state index is 12.1. The van der Waals surface area contributed by atoms with E-state index in [0.717, 1.165) is 5.56 Å². The number of carbonyl (C=O) groups is 1. The number of benzene rings is 2. The van der Waals surface area contributed by atoms with E-state index in [-0.39, 0.29) is 29.1 Å². The number of esters is 1. The number of aryl methyl sites for hydroxylation is 1. The average Bonchev–Trinajstić information content (AvgIpc) is 2.60. The van der Waals surface area contributed by atoms with Gasteiger partial charge in [0, 0.05) is 0 Å². The predicted molar refractivity (Wildman–Crippen MR) is 85.7 cm³/mol. The maximum Gasteiger partial charge on any atom is 0.343 e. The first-order chi connectivity index (χ1) is 12.0. The van der Waals surface area contributed by atoms with Crippen molar-refractivity contribution in [3.05, 3.63) is 53.6 Å². The normalized spacial score (nSPS) is 10.7. The molecular formula is C17H19NO7. The summed E-state index contributed by atoms with van der Waals surface area (Å²) in [5, 5.41) is 26.0. The Morgan fingerprint density at radius 1 is 1.12 bits per heavy atom. The predicted octanol–water partition coefficient (Wildman–Crippen LogP) is 2.56. The molecule has 0 aliphatic carbocycles. The van der Waals surface area contributed by atoms with E-state index in [2.05, 4.69) is 4.84 Å². The van der Waals surface area contributed by atoms with Gasteiger partial charge in [0.25, 0.3) is 0 Å². The van der Waals surface area contributed by atoms with Gasteiger partial charge in [-0.05, 0) is 48.7 Å². The minimum absolute atomic E-state index is 0.0575. The molecule has 0 heterocycles. The van der Waals surface area contributed by atoms with Crippen LogP contribution in [0.15, 0.2) is 42.5 Å². The van der Waals surface area contributed by atoms with Crippen LogP contribution in [0.3, 0.4) is 0 Å². The maximum atomic E-state index is 12.1. The molecule has 0 aromatic heterocycles. The highest BCUT2D eigenvalue weighted by molar-refractivity contribution is 5.91. The molecule has 0 radical (unpaired) electrons. The second-order valence-corrected chi connectivity index (χ2v) is 5.11. The minimum Gasteiger partial charge on any atom is -0.504 e. The lowest BCUT2D eigenvalue weighted by Crippen LogP contribution is -2.15. The number of phenolic OH excluding ortho intramolecular Hbond substituents is 1. The molecule has 2 aromatic rings. The van der Waals surface area contributed by atoms with Gasteiger partial charge in [-0.2, -0.15) is 0 Å².